The van der Waals surface area contributed by atoms with Crippen LogP contribution < -0.4 is 16.0 Å². The van der Waals surface area contributed by atoms with E-state index in [1.165, 1.54) is 4.90 Å². The Bertz CT molecular complexity index is 1470. The van der Waals surface area contributed by atoms with Crippen LogP contribution in [0.25, 0.3) is 5.76 Å². The van der Waals surface area contributed by atoms with E-state index in [1.54, 1.807) is 39.2 Å². The van der Waals surface area contributed by atoms with E-state index < -0.39 is 64.1 Å². The third kappa shape index (κ3) is 5.20. The molecule has 0 aliphatic heterocycles. The van der Waals surface area contributed by atoms with Gasteiger partial charge >= 0.3 is 6.09 Å². The predicted octanol–water partition coefficient (Wildman–Crippen LogP) is 1.30. The quantitative estimate of drug-likeness (QED) is 0.257. The Kier molecular flexibility index (Phi) is 8.05. The zero-order chi connectivity index (χ0) is 32.3. The van der Waals surface area contributed by atoms with E-state index in [2.05, 4.69) is 5.32 Å². The second-order valence-electron chi connectivity index (χ2n) is 13.1. The molecule has 1 unspecified atom stereocenters. The van der Waals surface area contributed by atoms with Crippen molar-refractivity contribution in [1.82, 2.24) is 10.2 Å². The summed E-state index contributed by atoms with van der Waals surface area (Å²) in [6.45, 7) is 5.72. The third-order valence-electron chi connectivity index (χ3n) is 8.32. The van der Waals surface area contributed by atoms with Crippen LogP contribution >= 0.6 is 0 Å². The first-order chi connectivity index (χ1) is 19.8. The van der Waals surface area contributed by atoms with Crippen molar-refractivity contribution in [2.24, 2.45) is 23.0 Å². The zero-order valence-electron chi connectivity index (χ0n) is 25.4. The minimum absolute atomic E-state index is 0.0116. The van der Waals surface area contributed by atoms with Crippen LogP contribution in [0.5, 0.6) is 5.75 Å². The number of aromatic hydroxyl groups is 1. The van der Waals surface area contributed by atoms with Crippen molar-refractivity contribution in [1.29, 1.82) is 0 Å². The van der Waals surface area contributed by atoms with Gasteiger partial charge in [-0.3, -0.25) is 19.3 Å². The van der Waals surface area contributed by atoms with E-state index in [4.69, 9.17) is 10.5 Å². The number of aliphatic hydroxyl groups excluding tert-OH is 2. The number of rotatable bonds is 6. The van der Waals surface area contributed by atoms with Crippen LogP contribution in [0.3, 0.4) is 0 Å². The Morgan fingerprint density at radius 2 is 1.77 bits per heavy atom. The summed E-state index contributed by atoms with van der Waals surface area (Å²) in [5.41, 5.74) is 2.58. The number of carbonyl (C=O) groups excluding carboxylic acids is 4. The number of nitrogens with two attached hydrogens (primary N) is 1. The number of fused-ring (bicyclic) bond motifs is 3. The standard InChI is InChI=1S/C30H40N4O9/c1-29(2,3)12-43-28(41)32-11-14-10-17(33(4)5)15-8-13-9-16-21(34(6)7)24(37)20(27(31)40)26(39)30(16,42)25(38)18(13)23(36)19(15)22(14)35/h10,13,16,21,35-36,39,42H,8-9,11-12H2,1-7H3,(H2,31,40)(H,32,41)/t13-,16-,21?,30-/m0/s1. The Hall–Kier alpha value is -4.10. The van der Waals surface area contributed by atoms with Gasteiger partial charge in [-0.1, -0.05) is 20.8 Å². The maximum atomic E-state index is 14.1. The molecule has 1 fully saturated rings. The molecule has 1 aromatic rings. The van der Waals surface area contributed by atoms with E-state index in [1.807, 2.05) is 20.8 Å². The number of primary amides is 1. The summed E-state index contributed by atoms with van der Waals surface area (Å²) in [5, 5.41) is 48.3. The average Bonchev–Trinajstić information content (AvgIpc) is 2.88. The minimum atomic E-state index is -2.72. The average molecular weight is 601 g/mol. The summed E-state index contributed by atoms with van der Waals surface area (Å²) in [4.78, 5) is 55.0. The molecule has 0 radical (unpaired) electrons. The van der Waals surface area contributed by atoms with Crippen LogP contribution in [0.4, 0.5) is 10.5 Å². The highest BCUT2D eigenvalue weighted by Crippen LogP contribution is 2.54. The van der Waals surface area contributed by atoms with Crippen LogP contribution in [-0.2, 0) is 32.1 Å². The Morgan fingerprint density at radius 3 is 2.30 bits per heavy atom. The molecule has 4 atom stereocenters. The lowest BCUT2D eigenvalue weighted by molar-refractivity contribution is -0.153. The summed E-state index contributed by atoms with van der Waals surface area (Å²) in [5.74, 6) is -7.19. The van der Waals surface area contributed by atoms with Gasteiger partial charge in [0.15, 0.2) is 11.4 Å². The molecule has 13 nitrogen and oxygen atoms in total. The number of amides is 2. The molecule has 1 saturated carbocycles. The fraction of sp³-hybridized carbons (Fsp3) is 0.533. The number of ether oxygens (including phenoxy) is 1. The molecule has 13 heteroatoms. The second-order valence-corrected chi connectivity index (χ2v) is 13.1. The second kappa shape index (κ2) is 10.9. The van der Waals surface area contributed by atoms with Gasteiger partial charge in [-0.25, -0.2) is 4.79 Å². The monoisotopic (exact) mass is 600 g/mol. The summed E-state index contributed by atoms with van der Waals surface area (Å²) in [6.07, 6.45) is -0.564. The SMILES string of the molecule is CN(C)c1cc(CNC(=O)OCC(C)(C)C)c(O)c2c1C[C@H]1C[C@H]3C(N(C)C)C(=O)C(C(N)=O)=C(O)[C@@]3(O)C(=O)C1=C2O. The third-order valence-corrected chi connectivity index (χ3v) is 8.32. The number of hydrogen-bond acceptors (Lipinski definition) is 11. The molecule has 4 rings (SSSR count). The van der Waals surface area contributed by atoms with Crippen molar-refractivity contribution in [3.8, 4) is 5.75 Å². The van der Waals surface area contributed by atoms with E-state index in [0.29, 0.717) is 11.3 Å². The van der Waals surface area contributed by atoms with Gasteiger partial charge in [0.1, 0.15) is 22.8 Å². The van der Waals surface area contributed by atoms with Crippen molar-refractivity contribution < 1.29 is 44.3 Å². The molecule has 0 bridgehead atoms. The molecule has 2 amide bonds. The number of nitrogens with zero attached hydrogens (tertiary/aromatic N) is 2. The first-order valence-electron chi connectivity index (χ1n) is 13.9. The van der Waals surface area contributed by atoms with Crippen molar-refractivity contribution >= 4 is 35.0 Å². The molecule has 0 spiro atoms. The molecule has 0 aromatic heterocycles. The van der Waals surface area contributed by atoms with Gasteiger partial charge in [0, 0.05) is 43.4 Å². The molecule has 7 N–H and O–H groups in total. The van der Waals surface area contributed by atoms with E-state index in [9.17, 15) is 39.6 Å². The molecular weight excluding hydrogens is 560 g/mol. The molecule has 0 saturated heterocycles. The largest absolute Gasteiger partial charge is 0.508 e. The van der Waals surface area contributed by atoms with Gasteiger partial charge in [-0.05, 0) is 49.9 Å². The molecule has 3 aliphatic carbocycles. The number of benzene rings is 1. The highest BCUT2D eigenvalue weighted by atomic mass is 16.5. The summed E-state index contributed by atoms with van der Waals surface area (Å²) < 4.78 is 5.23. The van der Waals surface area contributed by atoms with E-state index in [-0.39, 0.29) is 53.9 Å². The lowest BCUT2D eigenvalue weighted by atomic mass is 9.57. The summed E-state index contributed by atoms with van der Waals surface area (Å²) in [7, 11) is 6.62. The topological polar surface area (TPSA) is 203 Å². The maximum Gasteiger partial charge on any atom is 0.407 e. The van der Waals surface area contributed by atoms with Crippen LogP contribution in [0.1, 0.15) is 43.9 Å². The van der Waals surface area contributed by atoms with Crippen molar-refractivity contribution in [3.05, 3.63) is 39.7 Å². The van der Waals surface area contributed by atoms with E-state index >= 15 is 0 Å². The smallest absolute Gasteiger partial charge is 0.407 e. The number of likely N-dealkylation sites (N-methyl/N-ethyl adjacent to an activating group) is 1. The van der Waals surface area contributed by atoms with E-state index in [0.717, 1.165) is 0 Å². The summed E-state index contributed by atoms with van der Waals surface area (Å²) >= 11 is 0. The first kappa shape index (κ1) is 31.8. The van der Waals surface area contributed by atoms with Crippen molar-refractivity contribution in [3.63, 3.8) is 0 Å². The number of aliphatic hydroxyl groups is 3. The van der Waals surface area contributed by atoms with Crippen molar-refractivity contribution in [2.45, 2.75) is 51.8 Å². The molecular formula is C30H40N4O9. The van der Waals surface area contributed by atoms with Gasteiger partial charge < -0.3 is 41.1 Å². The minimum Gasteiger partial charge on any atom is -0.508 e. The van der Waals surface area contributed by atoms with Gasteiger partial charge in [0.2, 0.25) is 5.78 Å². The fourth-order valence-electron chi connectivity index (χ4n) is 6.38. The lowest BCUT2D eigenvalue weighted by Crippen LogP contribution is -2.65. The van der Waals surface area contributed by atoms with Gasteiger partial charge in [-0.2, -0.15) is 0 Å². The van der Waals surface area contributed by atoms with Gasteiger partial charge in [0.25, 0.3) is 5.91 Å². The number of phenols is 1. The summed E-state index contributed by atoms with van der Waals surface area (Å²) in [6, 6.07) is 0.503. The number of nitrogens with one attached hydrogen (secondary N) is 1. The van der Waals surface area contributed by atoms with Gasteiger partial charge in [-0.15, -0.1) is 0 Å². The molecule has 43 heavy (non-hydrogen) atoms. The highest BCUT2D eigenvalue weighted by molar-refractivity contribution is 6.24. The molecule has 3 aliphatic rings. The number of carbonyl (C=O) groups is 4. The lowest BCUT2D eigenvalue weighted by Gasteiger charge is -2.50. The molecule has 234 valence electrons. The Balaban J connectivity index is 1.84. The number of ketones is 2. The predicted molar refractivity (Wildman–Crippen MR) is 156 cm³/mol. The number of alkyl carbamates (subject to hydrolysis) is 1. The maximum absolute atomic E-state index is 14.1. The number of anilines is 1. The Morgan fingerprint density at radius 1 is 1.14 bits per heavy atom. The van der Waals surface area contributed by atoms with Crippen LogP contribution in [0.2, 0.25) is 0 Å². The fourth-order valence-corrected chi connectivity index (χ4v) is 6.38. The number of phenolic OH excluding ortho intramolecular Hbond substituents is 1. The van der Waals surface area contributed by atoms with Crippen LogP contribution in [0, 0.1) is 17.3 Å². The first-order valence-corrected chi connectivity index (χ1v) is 13.9. The molecule has 1 aromatic carbocycles. The Labute approximate surface area is 249 Å². The van der Waals surface area contributed by atoms with Crippen LogP contribution in [0.15, 0.2) is 23.0 Å². The highest BCUT2D eigenvalue weighted by Gasteiger charge is 2.64. The zero-order valence-corrected chi connectivity index (χ0v) is 25.4. The van der Waals surface area contributed by atoms with Crippen LogP contribution in [-0.4, -0.2) is 95.3 Å². The van der Waals surface area contributed by atoms with Crippen molar-refractivity contribution in [2.75, 3.05) is 39.7 Å². The van der Waals surface area contributed by atoms with Gasteiger partial charge in [0.05, 0.1) is 18.2 Å². The number of hydrogen-bond donors (Lipinski definition) is 6. The normalized spacial score (nSPS) is 25.3. The number of Topliss-reactive ketones (excluding diaryl/α,β-unsaturated/α-hetero) is 2. The molecule has 0 heterocycles.